The van der Waals surface area contributed by atoms with Gasteiger partial charge in [0.2, 0.25) is 11.8 Å². The molecule has 1 atom stereocenters. The quantitative estimate of drug-likeness (QED) is 0.866. The number of benzene rings is 1. The summed E-state index contributed by atoms with van der Waals surface area (Å²) in [6, 6.07) is 7.68. The number of aromatic amines is 1. The van der Waals surface area contributed by atoms with E-state index < -0.39 is 5.92 Å². The number of nitrogens with one attached hydrogen (secondary N) is 1. The van der Waals surface area contributed by atoms with Crippen LogP contribution in [0, 0.1) is 11.3 Å². The molecule has 0 saturated heterocycles. The van der Waals surface area contributed by atoms with Gasteiger partial charge in [0.05, 0.1) is 25.7 Å². The van der Waals surface area contributed by atoms with E-state index in [1.807, 2.05) is 12.1 Å². The molecular formula is C18H20N4O3. The van der Waals surface area contributed by atoms with Gasteiger partial charge in [-0.3, -0.25) is 5.10 Å². The molecule has 0 fully saturated rings. The van der Waals surface area contributed by atoms with Crippen molar-refractivity contribution in [3.8, 4) is 23.4 Å². The van der Waals surface area contributed by atoms with E-state index in [4.69, 9.17) is 19.9 Å². The second-order valence-corrected chi connectivity index (χ2v) is 5.70. The summed E-state index contributed by atoms with van der Waals surface area (Å²) < 4.78 is 16.4. The van der Waals surface area contributed by atoms with E-state index in [1.165, 1.54) is 0 Å². The molecule has 0 saturated carbocycles. The minimum Gasteiger partial charge on any atom is -0.497 e. The Morgan fingerprint density at radius 2 is 2.16 bits per heavy atom. The molecule has 3 N–H and O–H groups in total. The molecule has 2 heterocycles. The first-order valence-corrected chi connectivity index (χ1v) is 8.01. The maximum atomic E-state index is 9.68. The van der Waals surface area contributed by atoms with E-state index in [2.05, 4.69) is 23.2 Å². The number of nitrogens with zero attached hydrogens (tertiary/aromatic N) is 2. The van der Waals surface area contributed by atoms with Crippen LogP contribution >= 0.6 is 0 Å². The lowest BCUT2D eigenvalue weighted by Crippen LogP contribution is -2.21. The molecule has 0 radical (unpaired) electrons. The minimum atomic E-state index is -0.407. The molecule has 1 aliphatic heterocycles. The first-order valence-electron chi connectivity index (χ1n) is 8.01. The van der Waals surface area contributed by atoms with Crippen LogP contribution in [0.3, 0.4) is 0 Å². The zero-order valence-corrected chi connectivity index (χ0v) is 14.4. The molecule has 0 aliphatic carbocycles. The first kappa shape index (κ1) is 16.7. The largest absolute Gasteiger partial charge is 0.497 e. The number of rotatable bonds is 5. The first-order chi connectivity index (χ1) is 12.1. The number of methoxy groups -OCH3 is 2. The van der Waals surface area contributed by atoms with Crippen molar-refractivity contribution in [3.63, 3.8) is 0 Å². The average molecular weight is 340 g/mol. The molecule has 0 bridgehead atoms. The number of ether oxygens (including phenoxy) is 3. The molecule has 1 aromatic heterocycles. The summed E-state index contributed by atoms with van der Waals surface area (Å²) >= 11 is 0. The molecule has 7 nitrogen and oxygen atoms in total. The lowest BCUT2D eigenvalue weighted by Gasteiger charge is -2.25. The van der Waals surface area contributed by atoms with Gasteiger partial charge in [-0.1, -0.05) is 19.4 Å². The van der Waals surface area contributed by atoms with Gasteiger partial charge in [0, 0.05) is 17.3 Å². The smallest absolute Gasteiger partial charge is 0.244 e. The number of nitriles is 1. The fourth-order valence-electron chi connectivity index (χ4n) is 3.12. The Morgan fingerprint density at radius 1 is 1.36 bits per heavy atom. The third-order valence-corrected chi connectivity index (χ3v) is 4.27. The highest BCUT2D eigenvalue weighted by Crippen LogP contribution is 2.46. The number of hydrogen-bond acceptors (Lipinski definition) is 6. The minimum absolute atomic E-state index is 0.0624. The van der Waals surface area contributed by atoms with Gasteiger partial charge in [-0.2, -0.15) is 5.26 Å². The SMILES string of the molecule is CCCc1[nH]nc2c1C(c1ccc(OC)cc1OC)C(C#N)=C(N)O2. The summed E-state index contributed by atoms with van der Waals surface area (Å²) in [6.07, 6.45) is 1.72. The topological polar surface area (TPSA) is 106 Å². The van der Waals surface area contributed by atoms with Crippen molar-refractivity contribution in [2.75, 3.05) is 14.2 Å². The third kappa shape index (κ3) is 2.76. The fraction of sp³-hybridized carbons (Fsp3) is 0.333. The standard InChI is InChI=1S/C18H20N4O3/c1-4-5-13-16-15(11-7-6-10(23-2)8-14(11)24-3)12(9-19)17(20)25-18(16)22-21-13/h6-8,15H,4-5,20H2,1-3H3,(H,21,22). The van der Waals surface area contributed by atoms with Gasteiger partial charge in [-0.25, -0.2) is 0 Å². The van der Waals surface area contributed by atoms with Crippen LogP contribution in [-0.2, 0) is 6.42 Å². The Labute approximate surface area is 146 Å². The Bertz CT molecular complexity index is 864. The van der Waals surface area contributed by atoms with Gasteiger partial charge in [-0.15, -0.1) is 5.10 Å². The molecule has 2 aromatic rings. The van der Waals surface area contributed by atoms with Crippen LogP contribution in [0.1, 0.15) is 36.1 Å². The molecule has 130 valence electrons. The molecule has 0 spiro atoms. The third-order valence-electron chi connectivity index (χ3n) is 4.27. The second kappa shape index (κ2) is 6.77. The number of H-pyrrole nitrogens is 1. The number of hydrogen-bond donors (Lipinski definition) is 2. The Morgan fingerprint density at radius 3 is 2.80 bits per heavy atom. The Balaban J connectivity index is 2.23. The van der Waals surface area contributed by atoms with Crippen LogP contribution in [0.15, 0.2) is 29.7 Å². The zero-order valence-electron chi connectivity index (χ0n) is 14.4. The second-order valence-electron chi connectivity index (χ2n) is 5.70. The Hall–Kier alpha value is -3.14. The molecule has 3 rings (SSSR count). The number of aromatic nitrogens is 2. The maximum Gasteiger partial charge on any atom is 0.244 e. The summed E-state index contributed by atoms with van der Waals surface area (Å²) in [5.41, 5.74) is 8.89. The van der Waals surface area contributed by atoms with Crippen molar-refractivity contribution in [2.45, 2.75) is 25.7 Å². The van der Waals surface area contributed by atoms with Crippen LogP contribution in [-0.4, -0.2) is 24.4 Å². The van der Waals surface area contributed by atoms with Gasteiger partial charge in [0.25, 0.3) is 0 Å². The summed E-state index contributed by atoms with van der Waals surface area (Å²) in [6.45, 7) is 2.08. The van der Waals surface area contributed by atoms with E-state index >= 15 is 0 Å². The van der Waals surface area contributed by atoms with Crippen LogP contribution in [0.2, 0.25) is 0 Å². The predicted octanol–water partition coefficient (Wildman–Crippen LogP) is 2.60. The lowest BCUT2D eigenvalue weighted by molar-refractivity contribution is 0.372. The fourth-order valence-corrected chi connectivity index (χ4v) is 3.12. The van der Waals surface area contributed by atoms with Crippen LogP contribution < -0.4 is 19.9 Å². The molecule has 1 unspecified atom stereocenters. The van der Waals surface area contributed by atoms with Crippen LogP contribution in [0.5, 0.6) is 17.4 Å². The maximum absolute atomic E-state index is 9.68. The highest BCUT2D eigenvalue weighted by atomic mass is 16.5. The van der Waals surface area contributed by atoms with Gasteiger partial charge >= 0.3 is 0 Å². The molecule has 1 aromatic carbocycles. The highest BCUT2D eigenvalue weighted by molar-refractivity contribution is 5.59. The number of fused-ring (bicyclic) bond motifs is 1. The molecule has 1 aliphatic rings. The molecule has 0 amide bonds. The summed E-state index contributed by atoms with van der Waals surface area (Å²) in [7, 11) is 3.18. The van der Waals surface area contributed by atoms with E-state index in [0.717, 1.165) is 29.7 Å². The van der Waals surface area contributed by atoms with Crippen molar-refractivity contribution in [2.24, 2.45) is 5.73 Å². The van der Waals surface area contributed by atoms with Crippen molar-refractivity contribution in [1.29, 1.82) is 5.26 Å². The van der Waals surface area contributed by atoms with Crippen molar-refractivity contribution in [1.82, 2.24) is 10.2 Å². The summed E-state index contributed by atoms with van der Waals surface area (Å²) in [5.74, 6) is 1.34. The summed E-state index contributed by atoms with van der Waals surface area (Å²) in [5, 5.41) is 16.9. The molecule has 7 heteroatoms. The number of allylic oxidation sites excluding steroid dienone is 1. The molecule has 25 heavy (non-hydrogen) atoms. The predicted molar refractivity (Wildman–Crippen MR) is 91.4 cm³/mol. The van der Waals surface area contributed by atoms with E-state index in [-0.39, 0.29) is 5.88 Å². The van der Waals surface area contributed by atoms with E-state index in [1.54, 1.807) is 20.3 Å². The van der Waals surface area contributed by atoms with Crippen molar-refractivity contribution < 1.29 is 14.2 Å². The van der Waals surface area contributed by atoms with Crippen LogP contribution in [0.4, 0.5) is 0 Å². The van der Waals surface area contributed by atoms with Gasteiger partial charge in [0.15, 0.2) is 0 Å². The van der Waals surface area contributed by atoms with Crippen molar-refractivity contribution in [3.05, 3.63) is 46.5 Å². The van der Waals surface area contributed by atoms with E-state index in [0.29, 0.717) is 23.0 Å². The van der Waals surface area contributed by atoms with Gasteiger partial charge in [0.1, 0.15) is 23.1 Å². The monoisotopic (exact) mass is 340 g/mol. The van der Waals surface area contributed by atoms with E-state index in [9.17, 15) is 5.26 Å². The molecular weight excluding hydrogens is 320 g/mol. The normalized spacial score (nSPS) is 16.0. The number of aryl methyl sites for hydroxylation is 1. The Kier molecular flexibility index (Phi) is 4.52. The average Bonchev–Trinajstić information content (AvgIpc) is 3.02. The summed E-state index contributed by atoms with van der Waals surface area (Å²) in [4.78, 5) is 0. The van der Waals surface area contributed by atoms with Gasteiger partial charge < -0.3 is 19.9 Å². The van der Waals surface area contributed by atoms with Crippen molar-refractivity contribution >= 4 is 0 Å². The number of nitrogens with two attached hydrogens (primary N) is 1. The lowest BCUT2D eigenvalue weighted by atomic mass is 9.83. The zero-order chi connectivity index (χ0) is 18.0. The van der Waals surface area contributed by atoms with Crippen LogP contribution in [0.25, 0.3) is 0 Å². The van der Waals surface area contributed by atoms with Gasteiger partial charge in [-0.05, 0) is 12.5 Å². The highest BCUT2D eigenvalue weighted by Gasteiger charge is 2.36.